The lowest BCUT2D eigenvalue weighted by atomic mass is 10.1. The summed E-state index contributed by atoms with van der Waals surface area (Å²) in [6, 6.07) is 7.52. The summed E-state index contributed by atoms with van der Waals surface area (Å²) >= 11 is 0. The Morgan fingerprint density at radius 1 is 1.21 bits per heavy atom. The van der Waals surface area contributed by atoms with Gasteiger partial charge in [-0.1, -0.05) is 18.2 Å². The zero-order valence-corrected chi connectivity index (χ0v) is 9.66. The van der Waals surface area contributed by atoms with Gasteiger partial charge in [0.05, 0.1) is 0 Å². The molecule has 0 amide bonds. The normalized spacial score (nSPS) is 15.0. The molecule has 1 nitrogen and oxygen atoms in total. The summed E-state index contributed by atoms with van der Waals surface area (Å²) in [5.41, 5.74) is 4.19. The first-order chi connectivity index (χ1) is 6.25. The van der Waals surface area contributed by atoms with Crippen LogP contribution in [0.3, 0.4) is 0 Å². The van der Waals surface area contributed by atoms with E-state index in [1.54, 1.807) is 0 Å². The Morgan fingerprint density at radius 2 is 1.93 bits per heavy atom. The van der Waals surface area contributed by atoms with Gasteiger partial charge in [-0.25, -0.2) is 0 Å². The number of halogens is 1. The van der Waals surface area contributed by atoms with Crippen LogP contribution in [-0.2, 0) is 6.54 Å². The summed E-state index contributed by atoms with van der Waals surface area (Å²) in [5.74, 6) is 0. The maximum atomic E-state index is 3.52. The van der Waals surface area contributed by atoms with Crippen molar-refractivity contribution in [1.82, 2.24) is 5.32 Å². The van der Waals surface area contributed by atoms with Crippen molar-refractivity contribution in [2.45, 2.75) is 39.3 Å². The van der Waals surface area contributed by atoms with E-state index >= 15 is 0 Å². The predicted octanol–water partition coefficient (Wildman–Crippen LogP) is 2.98. The van der Waals surface area contributed by atoms with Gasteiger partial charge in [0.2, 0.25) is 0 Å². The Hall–Kier alpha value is -0.530. The molecule has 0 spiro atoms. The first kappa shape index (κ1) is 11.5. The van der Waals surface area contributed by atoms with Gasteiger partial charge in [-0.3, -0.25) is 0 Å². The number of hydrogen-bond donors (Lipinski definition) is 1. The monoisotopic (exact) mass is 211 g/mol. The molecule has 1 saturated carbocycles. The SMILES string of the molecule is Cc1ccc(CNC2CC2)cc1C.Cl. The lowest BCUT2D eigenvalue weighted by Gasteiger charge is -2.05. The predicted molar refractivity (Wildman–Crippen MR) is 63.0 cm³/mol. The van der Waals surface area contributed by atoms with Crippen molar-refractivity contribution < 1.29 is 0 Å². The summed E-state index contributed by atoms with van der Waals surface area (Å²) in [4.78, 5) is 0. The molecule has 78 valence electrons. The maximum absolute atomic E-state index is 3.52. The number of rotatable bonds is 3. The lowest BCUT2D eigenvalue weighted by Crippen LogP contribution is -2.15. The van der Waals surface area contributed by atoms with Gasteiger partial charge in [-0.15, -0.1) is 12.4 Å². The summed E-state index contributed by atoms with van der Waals surface area (Å²) in [6.45, 7) is 5.37. The Morgan fingerprint density at radius 3 is 2.50 bits per heavy atom. The number of aryl methyl sites for hydroxylation is 2. The van der Waals surface area contributed by atoms with Gasteiger partial charge in [0.1, 0.15) is 0 Å². The zero-order chi connectivity index (χ0) is 9.26. The van der Waals surface area contributed by atoms with Crippen LogP contribution in [0.2, 0.25) is 0 Å². The van der Waals surface area contributed by atoms with Crippen molar-refractivity contribution in [3.8, 4) is 0 Å². The van der Waals surface area contributed by atoms with Crippen molar-refractivity contribution in [1.29, 1.82) is 0 Å². The topological polar surface area (TPSA) is 12.0 Å². The van der Waals surface area contributed by atoms with Crippen molar-refractivity contribution >= 4 is 12.4 Å². The summed E-state index contributed by atoms with van der Waals surface area (Å²) in [6.07, 6.45) is 2.73. The molecule has 2 rings (SSSR count). The smallest absolute Gasteiger partial charge is 0.0208 e. The third kappa shape index (κ3) is 3.00. The van der Waals surface area contributed by atoms with Gasteiger partial charge in [0.15, 0.2) is 0 Å². The van der Waals surface area contributed by atoms with Crippen LogP contribution in [0.5, 0.6) is 0 Å². The minimum atomic E-state index is 0. The minimum absolute atomic E-state index is 0. The highest BCUT2D eigenvalue weighted by molar-refractivity contribution is 5.85. The molecule has 1 aliphatic rings. The third-order valence-corrected chi connectivity index (χ3v) is 2.74. The highest BCUT2D eigenvalue weighted by Crippen LogP contribution is 2.19. The molecule has 0 radical (unpaired) electrons. The van der Waals surface area contributed by atoms with Crippen molar-refractivity contribution in [3.63, 3.8) is 0 Å². The van der Waals surface area contributed by atoms with E-state index in [0.717, 1.165) is 12.6 Å². The molecule has 1 aromatic carbocycles. The van der Waals surface area contributed by atoms with Gasteiger partial charge >= 0.3 is 0 Å². The van der Waals surface area contributed by atoms with Crippen LogP contribution in [0.15, 0.2) is 18.2 Å². The van der Waals surface area contributed by atoms with Crippen molar-refractivity contribution in [3.05, 3.63) is 34.9 Å². The molecular weight excluding hydrogens is 194 g/mol. The summed E-state index contributed by atoms with van der Waals surface area (Å²) in [7, 11) is 0. The van der Waals surface area contributed by atoms with Gasteiger partial charge in [-0.05, 0) is 43.4 Å². The van der Waals surface area contributed by atoms with Crippen LogP contribution < -0.4 is 5.32 Å². The molecular formula is C12H18ClN. The largest absolute Gasteiger partial charge is 0.310 e. The number of nitrogens with one attached hydrogen (secondary N) is 1. The van der Waals surface area contributed by atoms with E-state index in [0.29, 0.717) is 0 Å². The molecule has 1 aliphatic carbocycles. The molecule has 0 heterocycles. The highest BCUT2D eigenvalue weighted by atomic mass is 35.5. The van der Waals surface area contributed by atoms with Crippen LogP contribution in [0, 0.1) is 13.8 Å². The molecule has 0 unspecified atom stereocenters. The molecule has 0 atom stereocenters. The van der Waals surface area contributed by atoms with E-state index in [-0.39, 0.29) is 12.4 Å². The highest BCUT2D eigenvalue weighted by Gasteiger charge is 2.19. The van der Waals surface area contributed by atoms with Gasteiger partial charge in [0, 0.05) is 12.6 Å². The average Bonchev–Trinajstić information content (AvgIpc) is 2.91. The molecule has 0 aromatic heterocycles. The molecule has 14 heavy (non-hydrogen) atoms. The lowest BCUT2D eigenvalue weighted by molar-refractivity contribution is 0.687. The second kappa shape index (κ2) is 4.81. The standard InChI is InChI=1S/C12H17N.ClH/c1-9-3-4-11(7-10(9)2)8-13-12-5-6-12;/h3-4,7,12-13H,5-6,8H2,1-2H3;1H. The van der Waals surface area contributed by atoms with Crippen LogP contribution in [-0.4, -0.2) is 6.04 Å². The molecule has 1 fully saturated rings. The third-order valence-electron chi connectivity index (χ3n) is 2.74. The number of hydrogen-bond acceptors (Lipinski definition) is 1. The van der Waals surface area contributed by atoms with E-state index in [1.807, 2.05) is 0 Å². The fourth-order valence-electron chi connectivity index (χ4n) is 1.46. The van der Waals surface area contributed by atoms with Gasteiger partial charge in [0.25, 0.3) is 0 Å². The zero-order valence-electron chi connectivity index (χ0n) is 8.84. The fourth-order valence-corrected chi connectivity index (χ4v) is 1.46. The van der Waals surface area contributed by atoms with Gasteiger partial charge in [-0.2, -0.15) is 0 Å². The summed E-state index contributed by atoms with van der Waals surface area (Å²) in [5, 5.41) is 3.52. The molecule has 1 aromatic rings. The Labute approximate surface area is 92.3 Å². The number of benzene rings is 1. The Kier molecular flexibility index (Phi) is 3.97. The Balaban J connectivity index is 0.000000980. The maximum Gasteiger partial charge on any atom is 0.0208 e. The second-order valence-corrected chi connectivity index (χ2v) is 4.07. The van der Waals surface area contributed by atoms with E-state index in [2.05, 4.69) is 37.4 Å². The van der Waals surface area contributed by atoms with Gasteiger partial charge < -0.3 is 5.32 Å². The fraction of sp³-hybridized carbons (Fsp3) is 0.500. The Bertz CT molecular complexity index is 305. The molecule has 2 heteroatoms. The second-order valence-electron chi connectivity index (χ2n) is 4.07. The quantitative estimate of drug-likeness (QED) is 0.811. The van der Waals surface area contributed by atoms with Crippen molar-refractivity contribution in [2.75, 3.05) is 0 Å². The van der Waals surface area contributed by atoms with E-state index in [1.165, 1.54) is 29.5 Å². The average molecular weight is 212 g/mol. The molecule has 0 bridgehead atoms. The van der Waals surface area contributed by atoms with Crippen LogP contribution in [0.25, 0.3) is 0 Å². The van der Waals surface area contributed by atoms with Crippen molar-refractivity contribution in [2.24, 2.45) is 0 Å². The van der Waals surface area contributed by atoms with Crippen LogP contribution >= 0.6 is 12.4 Å². The van der Waals surface area contributed by atoms with Crippen LogP contribution in [0.4, 0.5) is 0 Å². The first-order valence-corrected chi connectivity index (χ1v) is 5.05. The molecule has 0 aliphatic heterocycles. The van der Waals surface area contributed by atoms with E-state index < -0.39 is 0 Å². The molecule has 1 N–H and O–H groups in total. The summed E-state index contributed by atoms with van der Waals surface area (Å²) < 4.78 is 0. The van der Waals surface area contributed by atoms with Crippen LogP contribution in [0.1, 0.15) is 29.5 Å². The minimum Gasteiger partial charge on any atom is -0.310 e. The first-order valence-electron chi connectivity index (χ1n) is 5.05. The van der Waals surface area contributed by atoms with E-state index in [9.17, 15) is 0 Å². The van der Waals surface area contributed by atoms with E-state index in [4.69, 9.17) is 0 Å². The molecule has 0 saturated heterocycles.